The SMILES string of the molecule is CC(NC(=O)OCc1ccccc1)c1ccccc1[N+](=O)[O-]. The third-order valence-electron chi connectivity index (χ3n) is 3.15. The lowest BCUT2D eigenvalue weighted by Gasteiger charge is -2.14. The molecular formula is C16H16N2O4. The molecule has 1 N–H and O–H groups in total. The van der Waals surface area contributed by atoms with Gasteiger partial charge in [-0.15, -0.1) is 0 Å². The van der Waals surface area contributed by atoms with Crippen LogP contribution in [0.25, 0.3) is 0 Å². The number of nitrogens with one attached hydrogen (secondary N) is 1. The van der Waals surface area contributed by atoms with E-state index < -0.39 is 17.1 Å². The van der Waals surface area contributed by atoms with Gasteiger partial charge < -0.3 is 10.1 Å². The Morgan fingerprint density at radius 2 is 1.82 bits per heavy atom. The summed E-state index contributed by atoms with van der Waals surface area (Å²) in [4.78, 5) is 22.3. The topological polar surface area (TPSA) is 81.5 Å². The molecular weight excluding hydrogens is 284 g/mol. The molecule has 6 heteroatoms. The van der Waals surface area contributed by atoms with E-state index in [1.54, 1.807) is 25.1 Å². The van der Waals surface area contributed by atoms with Crippen LogP contribution in [-0.4, -0.2) is 11.0 Å². The number of hydrogen-bond acceptors (Lipinski definition) is 4. The lowest BCUT2D eigenvalue weighted by Crippen LogP contribution is -2.27. The van der Waals surface area contributed by atoms with Gasteiger partial charge in [-0.2, -0.15) is 0 Å². The molecule has 1 atom stereocenters. The van der Waals surface area contributed by atoms with Gasteiger partial charge in [0, 0.05) is 6.07 Å². The normalized spacial score (nSPS) is 11.5. The lowest BCUT2D eigenvalue weighted by molar-refractivity contribution is -0.385. The fourth-order valence-electron chi connectivity index (χ4n) is 2.04. The van der Waals surface area contributed by atoms with Crippen molar-refractivity contribution in [3.8, 4) is 0 Å². The molecule has 2 aromatic carbocycles. The Morgan fingerprint density at radius 1 is 1.18 bits per heavy atom. The average Bonchev–Trinajstić information content (AvgIpc) is 2.54. The highest BCUT2D eigenvalue weighted by molar-refractivity contribution is 5.68. The Morgan fingerprint density at radius 3 is 2.50 bits per heavy atom. The summed E-state index contributed by atoms with van der Waals surface area (Å²) >= 11 is 0. The number of alkyl carbamates (subject to hydrolysis) is 1. The van der Waals surface area contributed by atoms with Gasteiger partial charge in [-0.1, -0.05) is 48.5 Å². The zero-order valence-electron chi connectivity index (χ0n) is 12.1. The molecule has 22 heavy (non-hydrogen) atoms. The molecule has 6 nitrogen and oxygen atoms in total. The zero-order chi connectivity index (χ0) is 15.9. The third-order valence-corrected chi connectivity index (χ3v) is 3.15. The summed E-state index contributed by atoms with van der Waals surface area (Å²) in [5, 5.41) is 13.6. The monoisotopic (exact) mass is 300 g/mol. The second-order valence-electron chi connectivity index (χ2n) is 4.74. The molecule has 0 radical (unpaired) electrons. The number of para-hydroxylation sites is 1. The number of carbonyl (C=O) groups excluding carboxylic acids is 1. The van der Waals surface area contributed by atoms with Crippen molar-refractivity contribution >= 4 is 11.8 Å². The van der Waals surface area contributed by atoms with Gasteiger partial charge >= 0.3 is 6.09 Å². The van der Waals surface area contributed by atoms with E-state index >= 15 is 0 Å². The summed E-state index contributed by atoms with van der Waals surface area (Å²) < 4.78 is 5.10. The Labute approximate surface area is 127 Å². The Kier molecular flexibility index (Phi) is 5.08. The number of nitro benzene ring substituents is 1. The van der Waals surface area contributed by atoms with Crippen LogP contribution in [0.1, 0.15) is 24.1 Å². The maximum absolute atomic E-state index is 11.8. The van der Waals surface area contributed by atoms with E-state index in [0.29, 0.717) is 5.56 Å². The van der Waals surface area contributed by atoms with E-state index in [-0.39, 0.29) is 12.3 Å². The minimum atomic E-state index is -0.616. The zero-order valence-corrected chi connectivity index (χ0v) is 12.1. The first-order chi connectivity index (χ1) is 10.6. The molecule has 2 rings (SSSR count). The van der Waals surface area contributed by atoms with Crippen LogP contribution in [0.3, 0.4) is 0 Å². The molecule has 0 heterocycles. The van der Waals surface area contributed by atoms with Crippen molar-refractivity contribution < 1.29 is 14.5 Å². The molecule has 0 saturated heterocycles. The molecule has 0 aliphatic rings. The summed E-state index contributed by atoms with van der Waals surface area (Å²) in [5.41, 5.74) is 1.28. The molecule has 0 bridgehead atoms. The van der Waals surface area contributed by atoms with E-state index in [4.69, 9.17) is 4.74 Å². The van der Waals surface area contributed by atoms with Crippen LogP contribution < -0.4 is 5.32 Å². The van der Waals surface area contributed by atoms with Crippen molar-refractivity contribution in [2.75, 3.05) is 0 Å². The first kappa shape index (κ1) is 15.5. The van der Waals surface area contributed by atoms with Gasteiger partial charge in [-0.25, -0.2) is 4.79 Å². The first-order valence-corrected chi connectivity index (χ1v) is 6.78. The van der Waals surface area contributed by atoms with Gasteiger partial charge in [-0.3, -0.25) is 10.1 Å². The highest BCUT2D eigenvalue weighted by Gasteiger charge is 2.19. The quantitative estimate of drug-likeness (QED) is 0.676. The Bertz CT molecular complexity index is 658. The van der Waals surface area contributed by atoms with Gasteiger partial charge in [0.25, 0.3) is 5.69 Å². The molecule has 0 saturated carbocycles. The smallest absolute Gasteiger partial charge is 0.407 e. The van der Waals surface area contributed by atoms with Crippen LogP contribution in [-0.2, 0) is 11.3 Å². The summed E-state index contributed by atoms with van der Waals surface area (Å²) in [6.45, 7) is 1.82. The second-order valence-corrected chi connectivity index (χ2v) is 4.74. The van der Waals surface area contributed by atoms with Crippen LogP contribution in [0.2, 0.25) is 0 Å². The summed E-state index contributed by atoms with van der Waals surface area (Å²) in [5.74, 6) is 0. The van der Waals surface area contributed by atoms with Crippen molar-refractivity contribution in [2.24, 2.45) is 0 Å². The van der Waals surface area contributed by atoms with Crippen LogP contribution in [0.15, 0.2) is 54.6 Å². The third kappa shape index (κ3) is 4.05. The van der Waals surface area contributed by atoms with Gasteiger partial charge in [0.1, 0.15) is 6.61 Å². The largest absolute Gasteiger partial charge is 0.445 e. The Balaban J connectivity index is 1.95. The van der Waals surface area contributed by atoms with Crippen LogP contribution in [0, 0.1) is 10.1 Å². The van der Waals surface area contributed by atoms with Gasteiger partial charge in [-0.05, 0) is 12.5 Å². The van der Waals surface area contributed by atoms with Crippen molar-refractivity contribution in [1.29, 1.82) is 0 Å². The standard InChI is InChI=1S/C16H16N2O4/c1-12(14-9-5-6-10-15(14)18(20)21)17-16(19)22-11-13-7-3-2-4-8-13/h2-10,12H,11H2,1H3,(H,17,19). The second kappa shape index (κ2) is 7.21. The van der Waals surface area contributed by atoms with Crippen LogP contribution >= 0.6 is 0 Å². The number of carbonyl (C=O) groups is 1. The van der Waals surface area contributed by atoms with Crippen molar-refractivity contribution in [3.63, 3.8) is 0 Å². The molecule has 0 aliphatic carbocycles. The molecule has 1 amide bonds. The highest BCUT2D eigenvalue weighted by atomic mass is 16.6. The number of ether oxygens (including phenoxy) is 1. The fraction of sp³-hybridized carbons (Fsp3) is 0.188. The van der Waals surface area contributed by atoms with E-state index in [1.807, 2.05) is 30.3 Å². The average molecular weight is 300 g/mol. The lowest BCUT2D eigenvalue weighted by atomic mass is 10.1. The molecule has 1 unspecified atom stereocenters. The van der Waals surface area contributed by atoms with Gasteiger partial charge in [0.05, 0.1) is 16.5 Å². The first-order valence-electron chi connectivity index (χ1n) is 6.78. The molecule has 0 fully saturated rings. The minimum Gasteiger partial charge on any atom is -0.445 e. The van der Waals surface area contributed by atoms with E-state index in [9.17, 15) is 14.9 Å². The van der Waals surface area contributed by atoms with Crippen molar-refractivity contribution in [3.05, 3.63) is 75.8 Å². The molecule has 0 spiro atoms. The van der Waals surface area contributed by atoms with Crippen LogP contribution in [0.4, 0.5) is 10.5 Å². The molecule has 0 aromatic heterocycles. The number of nitrogens with zero attached hydrogens (tertiary/aromatic N) is 1. The minimum absolute atomic E-state index is 0.0293. The highest BCUT2D eigenvalue weighted by Crippen LogP contribution is 2.24. The number of hydrogen-bond donors (Lipinski definition) is 1. The molecule has 2 aromatic rings. The fourth-order valence-corrected chi connectivity index (χ4v) is 2.04. The van der Waals surface area contributed by atoms with E-state index in [1.165, 1.54) is 6.07 Å². The van der Waals surface area contributed by atoms with Gasteiger partial charge in [0.15, 0.2) is 0 Å². The van der Waals surface area contributed by atoms with E-state index in [0.717, 1.165) is 5.56 Å². The van der Waals surface area contributed by atoms with Crippen molar-refractivity contribution in [1.82, 2.24) is 5.32 Å². The van der Waals surface area contributed by atoms with Gasteiger partial charge in [0.2, 0.25) is 0 Å². The molecule has 0 aliphatic heterocycles. The maximum Gasteiger partial charge on any atom is 0.407 e. The predicted octanol–water partition coefficient (Wildman–Crippen LogP) is 3.58. The summed E-state index contributed by atoms with van der Waals surface area (Å²) in [7, 11) is 0. The van der Waals surface area contributed by atoms with E-state index in [2.05, 4.69) is 5.32 Å². The predicted molar refractivity (Wildman–Crippen MR) is 81.3 cm³/mol. The summed E-state index contributed by atoms with van der Waals surface area (Å²) in [6, 6.07) is 15.0. The number of benzene rings is 2. The Hall–Kier alpha value is -2.89. The van der Waals surface area contributed by atoms with Crippen LogP contribution in [0.5, 0.6) is 0 Å². The number of nitro groups is 1. The maximum atomic E-state index is 11.8. The number of rotatable bonds is 5. The number of amides is 1. The summed E-state index contributed by atoms with van der Waals surface area (Å²) in [6.07, 6.45) is -0.616. The van der Waals surface area contributed by atoms with Crippen molar-refractivity contribution in [2.45, 2.75) is 19.6 Å². The molecule has 114 valence electrons.